The molecule has 2 N–H and O–H groups in total. The zero-order chi connectivity index (χ0) is 21.5. The van der Waals surface area contributed by atoms with Gasteiger partial charge in [-0.1, -0.05) is 24.3 Å². The van der Waals surface area contributed by atoms with E-state index < -0.39 is 0 Å². The fourth-order valence-corrected chi connectivity index (χ4v) is 4.42. The number of aromatic nitrogens is 1. The number of rotatable bonds is 4. The Bertz CT molecular complexity index is 1310. The molecular weight excluding hydrogens is 395 g/mol. The Morgan fingerprint density at radius 1 is 1.16 bits per heavy atom. The van der Waals surface area contributed by atoms with E-state index in [0.717, 1.165) is 33.3 Å². The molecular formula is C25H21FN2O3. The minimum absolute atomic E-state index is 0.0542. The van der Waals surface area contributed by atoms with Crippen LogP contribution >= 0.6 is 0 Å². The Hall–Kier alpha value is -3.80. The summed E-state index contributed by atoms with van der Waals surface area (Å²) in [5, 5.41) is 14.0. The van der Waals surface area contributed by atoms with Gasteiger partial charge in [-0.25, -0.2) is 4.39 Å². The lowest BCUT2D eigenvalue weighted by atomic mass is 9.88. The molecule has 0 spiro atoms. The number of anilines is 1. The first kappa shape index (κ1) is 19.2. The summed E-state index contributed by atoms with van der Waals surface area (Å²) in [4.78, 5) is 12.7. The highest BCUT2D eigenvalue weighted by atomic mass is 19.1. The number of amides is 1. The summed E-state index contributed by atoms with van der Waals surface area (Å²) in [5.41, 5.74) is 4.48. The number of ether oxygens (including phenoxy) is 1. The van der Waals surface area contributed by atoms with Gasteiger partial charge in [0.15, 0.2) is 11.5 Å². The highest BCUT2D eigenvalue weighted by molar-refractivity contribution is 6.06. The fraction of sp³-hybridized carbons (Fsp3) is 0.160. The molecule has 1 amide bonds. The Kier molecular flexibility index (Phi) is 4.62. The number of phenolic OH excluding ortho intramolecular Hbond substituents is 1. The Balaban J connectivity index is 1.68. The maximum Gasteiger partial charge on any atom is 0.225 e. The van der Waals surface area contributed by atoms with Crippen molar-refractivity contribution in [3.63, 3.8) is 0 Å². The van der Waals surface area contributed by atoms with Crippen molar-refractivity contribution in [3.05, 3.63) is 89.4 Å². The van der Waals surface area contributed by atoms with E-state index in [2.05, 4.69) is 9.88 Å². The van der Waals surface area contributed by atoms with Gasteiger partial charge in [-0.15, -0.1) is 0 Å². The standard InChI is InChI=1S/C25H21FN2O3/c1-31-23-11-16(8-9-22(23)29)18-12-24(30)27-20-6-3-7-21-25(20)19(18)14-28(21)13-15-4-2-5-17(26)10-15/h2-11,14,18,29H,12-13H2,1H3,(H,27,30)/t18-/m0/s1. The lowest BCUT2D eigenvalue weighted by molar-refractivity contribution is -0.116. The maximum absolute atomic E-state index is 13.7. The number of carbonyl (C=O) groups excluding carboxylic acids is 1. The summed E-state index contributed by atoms with van der Waals surface area (Å²) >= 11 is 0. The van der Waals surface area contributed by atoms with Crippen molar-refractivity contribution in [2.45, 2.75) is 18.9 Å². The van der Waals surface area contributed by atoms with Crippen LogP contribution in [0.3, 0.4) is 0 Å². The van der Waals surface area contributed by atoms with Gasteiger partial charge in [0.1, 0.15) is 5.82 Å². The molecule has 5 rings (SSSR count). The van der Waals surface area contributed by atoms with Gasteiger partial charge in [0, 0.05) is 30.5 Å². The zero-order valence-electron chi connectivity index (χ0n) is 16.9. The monoisotopic (exact) mass is 416 g/mol. The summed E-state index contributed by atoms with van der Waals surface area (Å²) in [6.07, 6.45) is 2.31. The summed E-state index contributed by atoms with van der Waals surface area (Å²) in [6.45, 7) is 0.511. The normalized spacial score (nSPS) is 15.5. The van der Waals surface area contributed by atoms with Gasteiger partial charge in [-0.05, 0) is 53.1 Å². The second kappa shape index (κ2) is 7.47. The van der Waals surface area contributed by atoms with Crippen molar-refractivity contribution in [3.8, 4) is 11.5 Å². The molecule has 3 aromatic carbocycles. The molecule has 0 aliphatic carbocycles. The SMILES string of the molecule is COc1cc([C@@H]2CC(=O)Nc3cccc4c3c2cn4Cc2cccc(F)c2)ccc1O. The average molecular weight is 416 g/mol. The second-order valence-corrected chi connectivity index (χ2v) is 7.78. The van der Waals surface area contributed by atoms with Crippen molar-refractivity contribution >= 4 is 22.5 Å². The molecule has 156 valence electrons. The third-order valence-electron chi connectivity index (χ3n) is 5.82. The molecule has 0 fully saturated rings. The van der Waals surface area contributed by atoms with Crippen LogP contribution in [0, 0.1) is 5.82 Å². The van der Waals surface area contributed by atoms with E-state index in [-0.39, 0.29) is 29.8 Å². The van der Waals surface area contributed by atoms with Crippen LogP contribution in [0.4, 0.5) is 10.1 Å². The highest BCUT2D eigenvalue weighted by Gasteiger charge is 2.28. The third-order valence-corrected chi connectivity index (χ3v) is 5.82. The van der Waals surface area contributed by atoms with Crippen molar-refractivity contribution in [2.24, 2.45) is 0 Å². The third kappa shape index (κ3) is 3.40. The number of methoxy groups -OCH3 is 1. The van der Waals surface area contributed by atoms with Crippen molar-refractivity contribution < 1.29 is 19.0 Å². The lowest BCUT2D eigenvalue weighted by Crippen LogP contribution is -2.14. The summed E-state index contributed by atoms with van der Waals surface area (Å²) in [5.74, 6) is -0.131. The lowest BCUT2D eigenvalue weighted by Gasteiger charge is -2.16. The number of phenols is 1. The van der Waals surface area contributed by atoms with Crippen LogP contribution in [0.15, 0.2) is 66.9 Å². The Labute approximate surface area is 178 Å². The van der Waals surface area contributed by atoms with Crippen molar-refractivity contribution in [2.75, 3.05) is 12.4 Å². The van der Waals surface area contributed by atoms with Crippen molar-refractivity contribution in [1.29, 1.82) is 0 Å². The van der Waals surface area contributed by atoms with E-state index in [1.807, 2.05) is 36.5 Å². The molecule has 0 unspecified atom stereocenters. The van der Waals surface area contributed by atoms with Gasteiger partial charge in [-0.2, -0.15) is 0 Å². The topological polar surface area (TPSA) is 63.5 Å². The Morgan fingerprint density at radius 2 is 2.00 bits per heavy atom. The smallest absolute Gasteiger partial charge is 0.225 e. The molecule has 4 aromatic rings. The fourth-order valence-electron chi connectivity index (χ4n) is 4.42. The van der Waals surface area contributed by atoms with Gasteiger partial charge in [0.2, 0.25) is 5.91 Å². The largest absolute Gasteiger partial charge is 0.504 e. The molecule has 1 aliphatic rings. The van der Waals surface area contributed by atoms with E-state index in [1.54, 1.807) is 18.2 Å². The predicted molar refractivity (Wildman–Crippen MR) is 117 cm³/mol. The number of aromatic hydroxyl groups is 1. The maximum atomic E-state index is 13.7. The molecule has 0 saturated carbocycles. The molecule has 2 heterocycles. The molecule has 5 nitrogen and oxygen atoms in total. The van der Waals surface area contributed by atoms with Gasteiger partial charge in [-0.3, -0.25) is 4.79 Å². The van der Waals surface area contributed by atoms with E-state index in [9.17, 15) is 14.3 Å². The Morgan fingerprint density at radius 3 is 2.81 bits per heavy atom. The molecule has 0 radical (unpaired) electrons. The van der Waals surface area contributed by atoms with Crippen LogP contribution in [0.25, 0.3) is 10.9 Å². The molecule has 0 saturated heterocycles. The van der Waals surface area contributed by atoms with Crippen LogP contribution in [0.5, 0.6) is 11.5 Å². The van der Waals surface area contributed by atoms with Gasteiger partial charge in [0.05, 0.1) is 18.3 Å². The second-order valence-electron chi connectivity index (χ2n) is 7.78. The van der Waals surface area contributed by atoms with Gasteiger partial charge < -0.3 is 19.7 Å². The van der Waals surface area contributed by atoms with E-state index in [0.29, 0.717) is 12.3 Å². The van der Waals surface area contributed by atoms with Crippen LogP contribution in [-0.2, 0) is 11.3 Å². The quantitative estimate of drug-likeness (QED) is 0.491. The number of hydrogen-bond donors (Lipinski definition) is 2. The van der Waals surface area contributed by atoms with Crippen LogP contribution in [0.2, 0.25) is 0 Å². The summed E-state index contributed by atoms with van der Waals surface area (Å²) < 4.78 is 21.1. The van der Waals surface area contributed by atoms with Crippen LogP contribution in [-0.4, -0.2) is 22.7 Å². The first-order valence-electron chi connectivity index (χ1n) is 10.1. The van der Waals surface area contributed by atoms with Crippen LogP contribution < -0.4 is 10.1 Å². The number of nitrogens with one attached hydrogen (secondary N) is 1. The average Bonchev–Trinajstić information content (AvgIpc) is 3.04. The van der Waals surface area contributed by atoms with E-state index in [1.165, 1.54) is 19.2 Å². The molecule has 1 atom stereocenters. The molecule has 6 heteroatoms. The minimum Gasteiger partial charge on any atom is -0.504 e. The number of carbonyl (C=O) groups is 1. The highest BCUT2D eigenvalue weighted by Crippen LogP contribution is 2.42. The number of halogens is 1. The predicted octanol–water partition coefficient (Wildman–Crippen LogP) is 5.02. The minimum atomic E-state index is -0.266. The summed E-state index contributed by atoms with van der Waals surface area (Å²) in [6, 6.07) is 17.6. The molecule has 0 bridgehead atoms. The summed E-state index contributed by atoms with van der Waals surface area (Å²) in [7, 11) is 1.50. The first-order valence-corrected chi connectivity index (χ1v) is 10.1. The zero-order valence-corrected chi connectivity index (χ0v) is 16.9. The van der Waals surface area contributed by atoms with Gasteiger partial charge in [0.25, 0.3) is 0 Å². The molecule has 1 aliphatic heterocycles. The van der Waals surface area contributed by atoms with Crippen molar-refractivity contribution in [1.82, 2.24) is 4.57 Å². The molecule has 1 aromatic heterocycles. The van der Waals surface area contributed by atoms with E-state index in [4.69, 9.17) is 4.74 Å². The molecule has 31 heavy (non-hydrogen) atoms. The number of benzene rings is 3. The van der Waals surface area contributed by atoms with Gasteiger partial charge >= 0.3 is 0 Å². The number of nitrogens with zero attached hydrogens (tertiary/aromatic N) is 1. The number of hydrogen-bond acceptors (Lipinski definition) is 3. The van der Waals surface area contributed by atoms with Crippen LogP contribution in [0.1, 0.15) is 29.0 Å². The van der Waals surface area contributed by atoms with E-state index >= 15 is 0 Å². The first-order chi connectivity index (χ1) is 15.0.